The number of fused-ring (bicyclic) bond motifs is 1. The van der Waals surface area contributed by atoms with Crippen LogP contribution in [-0.2, 0) is 14.4 Å². The first-order chi connectivity index (χ1) is 9.84. The van der Waals surface area contributed by atoms with Crippen molar-refractivity contribution in [1.29, 1.82) is 0 Å². The number of aliphatic hydroxyl groups is 1. The molecule has 22 heavy (non-hydrogen) atoms. The van der Waals surface area contributed by atoms with Crippen molar-refractivity contribution in [3.8, 4) is 0 Å². The summed E-state index contributed by atoms with van der Waals surface area (Å²) in [5.41, 5.74) is -0.139. The van der Waals surface area contributed by atoms with Crippen LogP contribution in [0.1, 0.15) is 20.3 Å². The predicted octanol–water partition coefficient (Wildman–Crippen LogP) is -4.10. The van der Waals surface area contributed by atoms with Gasteiger partial charge >= 0.3 is 29.6 Å². The fraction of sp³-hybridized carbons (Fsp3) is 0.462. The van der Waals surface area contributed by atoms with E-state index in [9.17, 15) is 24.6 Å². The maximum absolute atomic E-state index is 11.9. The third kappa shape index (κ3) is 3.57. The van der Waals surface area contributed by atoms with Gasteiger partial charge in [-0.3, -0.25) is 9.59 Å². The molecule has 0 aromatic heterocycles. The van der Waals surface area contributed by atoms with Gasteiger partial charge in [0, 0.05) is 24.4 Å². The quantitative estimate of drug-likeness (QED) is 0.391. The van der Waals surface area contributed by atoms with Crippen molar-refractivity contribution < 1.29 is 54.2 Å². The maximum atomic E-state index is 11.9. The van der Waals surface area contributed by atoms with Gasteiger partial charge in [0.2, 0.25) is 11.8 Å². The molecule has 3 atom stereocenters. The number of hydrogen-bond donors (Lipinski definition) is 2. The molecule has 2 rings (SSSR count). The topological polar surface area (TPSA) is 110 Å². The Morgan fingerprint density at radius 2 is 2.18 bits per heavy atom. The minimum absolute atomic E-state index is 0. The molecule has 2 N–H and O–H groups in total. The van der Waals surface area contributed by atoms with Gasteiger partial charge in [0.15, 0.2) is 0 Å². The standard InChI is InChI=1S/C13H16N2O5S.Na/c1-6(16)10-8-5-9(21-4-3-14-7(2)17)11(13(19)20)15(8)12(10)18;/h3-4,6,8,10,16H,5H2,1-2H3,(H,14,17)(H,19,20);/q;+1/p-1/b4-3-;/t6-,8-,10-;/m1./s1. The van der Waals surface area contributed by atoms with E-state index in [1.165, 1.54) is 30.4 Å². The number of carbonyl (C=O) groups is 3. The first-order valence-electron chi connectivity index (χ1n) is 6.39. The second kappa shape index (κ2) is 7.65. The van der Waals surface area contributed by atoms with E-state index in [4.69, 9.17) is 0 Å². The number of hydrogen-bond acceptors (Lipinski definition) is 6. The average Bonchev–Trinajstić information content (AvgIpc) is 2.68. The first kappa shape index (κ1) is 19.2. The summed E-state index contributed by atoms with van der Waals surface area (Å²) < 4.78 is 0. The summed E-state index contributed by atoms with van der Waals surface area (Å²) in [5.74, 6) is -2.61. The molecule has 1 fully saturated rings. The number of carboxylic acids is 1. The van der Waals surface area contributed by atoms with Crippen LogP contribution in [0.5, 0.6) is 0 Å². The Hall–Kier alpha value is -0.800. The molecule has 0 spiro atoms. The van der Waals surface area contributed by atoms with Crippen molar-refractivity contribution in [1.82, 2.24) is 10.2 Å². The molecule has 0 unspecified atom stereocenters. The largest absolute Gasteiger partial charge is 1.00 e. The SMILES string of the molecule is CC(=O)N/C=C\SC1=C(C(=O)[O-])N2C(=O)[C@H]([C@@H](C)O)[C@H]2C1.[Na+]. The van der Waals surface area contributed by atoms with Crippen LogP contribution in [0.15, 0.2) is 22.2 Å². The number of aliphatic carboxylic acids is 1. The molecule has 2 heterocycles. The van der Waals surface area contributed by atoms with Gasteiger partial charge in [-0.15, -0.1) is 0 Å². The molecule has 0 saturated carbocycles. The van der Waals surface area contributed by atoms with Crippen molar-refractivity contribution in [2.75, 3.05) is 0 Å². The summed E-state index contributed by atoms with van der Waals surface area (Å²) in [6.45, 7) is 2.87. The number of thioether (sulfide) groups is 1. The van der Waals surface area contributed by atoms with E-state index < -0.39 is 23.9 Å². The first-order valence-corrected chi connectivity index (χ1v) is 7.27. The van der Waals surface area contributed by atoms with Gasteiger partial charge in [0.05, 0.1) is 29.7 Å². The Morgan fingerprint density at radius 1 is 1.55 bits per heavy atom. The second-order valence-electron chi connectivity index (χ2n) is 4.93. The number of carboxylic acid groups (broad SMARTS) is 1. The number of amides is 2. The summed E-state index contributed by atoms with van der Waals surface area (Å²) in [6, 6.07) is -0.331. The van der Waals surface area contributed by atoms with Crippen molar-refractivity contribution in [2.24, 2.45) is 5.92 Å². The second-order valence-corrected chi connectivity index (χ2v) is 5.93. The van der Waals surface area contributed by atoms with Gasteiger partial charge in [0.1, 0.15) is 0 Å². The van der Waals surface area contributed by atoms with Crippen molar-refractivity contribution in [3.05, 3.63) is 22.2 Å². The van der Waals surface area contributed by atoms with Crippen LogP contribution in [-0.4, -0.2) is 39.9 Å². The normalized spacial score (nSPS) is 24.7. The van der Waals surface area contributed by atoms with Gasteiger partial charge in [-0.05, 0) is 12.3 Å². The van der Waals surface area contributed by atoms with Gasteiger partial charge in [0.25, 0.3) is 0 Å². The third-order valence-corrected chi connectivity index (χ3v) is 4.36. The third-order valence-electron chi connectivity index (χ3n) is 3.45. The molecule has 2 aliphatic heterocycles. The van der Waals surface area contributed by atoms with Crippen LogP contribution in [0.25, 0.3) is 0 Å². The van der Waals surface area contributed by atoms with Gasteiger partial charge in [-0.2, -0.15) is 0 Å². The van der Waals surface area contributed by atoms with Crippen LogP contribution < -0.4 is 40.0 Å². The molecule has 1 saturated heterocycles. The van der Waals surface area contributed by atoms with Crippen LogP contribution in [0.2, 0.25) is 0 Å². The fourth-order valence-electron chi connectivity index (χ4n) is 2.59. The van der Waals surface area contributed by atoms with E-state index in [1.54, 1.807) is 0 Å². The van der Waals surface area contributed by atoms with E-state index in [1.807, 2.05) is 0 Å². The molecule has 0 radical (unpaired) electrons. The molecular weight excluding hydrogens is 319 g/mol. The summed E-state index contributed by atoms with van der Waals surface area (Å²) in [5, 5.41) is 24.8. The Labute approximate surface area is 154 Å². The van der Waals surface area contributed by atoms with E-state index in [0.29, 0.717) is 11.3 Å². The summed E-state index contributed by atoms with van der Waals surface area (Å²) >= 11 is 1.11. The zero-order valence-corrected chi connectivity index (χ0v) is 15.3. The Balaban J connectivity index is 0.00000242. The van der Waals surface area contributed by atoms with Gasteiger partial charge in [-0.1, -0.05) is 11.8 Å². The van der Waals surface area contributed by atoms with Gasteiger partial charge in [-0.25, -0.2) is 0 Å². The van der Waals surface area contributed by atoms with Crippen LogP contribution in [0.3, 0.4) is 0 Å². The number of β-lactam (4-membered cyclic amide) rings is 1. The molecule has 2 aliphatic rings. The van der Waals surface area contributed by atoms with E-state index in [2.05, 4.69) is 5.32 Å². The van der Waals surface area contributed by atoms with Crippen LogP contribution in [0.4, 0.5) is 0 Å². The zero-order valence-electron chi connectivity index (χ0n) is 12.5. The summed E-state index contributed by atoms with van der Waals surface area (Å²) in [4.78, 5) is 35.5. The summed E-state index contributed by atoms with van der Waals surface area (Å²) in [7, 11) is 0. The van der Waals surface area contributed by atoms with E-state index in [0.717, 1.165) is 11.8 Å². The number of carbonyl (C=O) groups excluding carboxylic acids is 3. The maximum Gasteiger partial charge on any atom is 1.00 e. The van der Waals surface area contributed by atoms with Crippen LogP contribution >= 0.6 is 11.8 Å². The Bertz CT molecular complexity index is 561. The zero-order chi connectivity index (χ0) is 15.7. The Kier molecular flexibility index (Phi) is 6.69. The smallest absolute Gasteiger partial charge is 0.543 e. The van der Waals surface area contributed by atoms with E-state index >= 15 is 0 Å². The Morgan fingerprint density at radius 3 is 2.68 bits per heavy atom. The minimum Gasteiger partial charge on any atom is -0.543 e. The molecule has 0 aromatic rings. The number of rotatable bonds is 5. The number of nitrogens with one attached hydrogen (secondary N) is 1. The van der Waals surface area contributed by atoms with Crippen LogP contribution in [0, 0.1) is 5.92 Å². The average molecular weight is 334 g/mol. The van der Waals surface area contributed by atoms with Crippen molar-refractivity contribution >= 4 is 29.5 Å². The monoisotopic (exact) mass is 334 g/mol. The molecule has 0 aliphatic carbocycles. The fourth-order valence-corrected chi connectivity index (χ4v) is 3.45. The number of nitrogens with zero attached hydrogens (tertiary/aromatic N) is 1. The molecule has 0 aromatic carbocycles. The molecule has 0 bridgehead atoms. The number of aliphatic hydroxyl groups excluding tert-OH is 1. The molecule has 2 amide bonds. The van der Waals surface area contributed by atoms with Gasteiger partial charge < -0.3 is 25.2 Å². The minimum atomic E-state index is -1.41. The molecule has 114 valence electrons. The van der Waals surface area contributed by atoms with E-state index in [-0.39, 0.29) is 47.2 Å². The molecular formula is C13H15N2NaO5S. The molecule has 7 nitrogen and oxygen atoms in total. The van der Waals surface area contributed by atoms with Crippen molar-refractivity contribution in [2.45, 2.75) is 32.4 Å². The summed E-state index contributed by atoms with van der Waals surface area (Å²) in [6.07, 6.45) is 0.942. The predicted molar refractivity (Wildman–Crippen MR) is 73.0 cm³/mol. The van der Waals surface area contributed by atoms with Crippen molar-refractivity contribution in [3.63, 3.8) is 0 Å². The molecule has 9 heteroatoms.